The van der Waals surface area contributed by atoms with E-state index in [9.17, 15) is 0 Å². The zero-order chi connectivity index (χ0) is 6.69. The van der Waals surface area contributed by atoms with E-state index in [1.165, 1.54) is 10.8 Å². The average Bonchev–Trinajstić information content (AvgIpc) is 2.37. The van der Waals surface area contributed by atoms with Gasteiger partial charge in [0.05, 0.1) is 10.9 Å². The smallest absolute Gasteiger partial charge is 0.124 e. The predicted octanol–water partition coefficient (Wildman–Crippen LogP) is 2.31. The van der Waals surface area contributed by atoms with Gasteiger partial charge in [0.2, 0.25) is 0 Å². The summed E-state index contributed by atoms with van der Waals surface area (Å²) in [7, 11) is 1.45. The van der Waals surface area contributed by atoms with Crippen molar-refractivity contribution in [1.82, 2.24) is 5.16 Å². The van der Waals surface area contributed by atoms with Crippen LogP contribution in [0.15, 0.2) is 16.9 Å². The van der Waals surface area contributed by atoms with Crippen LogP contribution in [0.1, 0.15) is 17.9 Å². The van der Waals surface area contributed by atoms with Gasteiger partial charge in [0.25, 0.3) is 0 Å². The van der Waals surface area contributed by atoms with E-state index in [0.717, 1.165) is 5.69 Å². The summed E-state index contributed by atoms with van der Waals surface area (Å²) in [4.78, 5) is 0. The maximum atomic E-state index is 4.64. The summed E-state index contributed by atoms with van der Waals surface area (Å²) < 4.78 is 4.64. The van der Waals surface area contributed by atoms with Crippen molar-refractivity contribution in [3.05, 3.63) is 18.0 Å². The van der Waals surface area contributed by atoms with Crippen molar-refractivity contribution in [2.24, 2.45) is 0 Å². The van der Waals surface area contributed by atoms with E-state index in [1.54, 1.807) is 6.26 Å². The Kier molecular flexibility index (Phi) is 2.48. The summed E-state index contributed by atoms with van der Waals surface area (Å²) in [6.45, 7) is 2.02. The topological polar surface area (TPSA) is 26.0 Å². The summed E-state index contributed by atoms with van der Waals surface area (Å²) in [5.41, 5.74) is 0.940. The minimum absolute atomic E-state index is 0.312. The van der Waals surface area contributed by atoms with Crippen LogP contribution in [-0.2, 0) is 0 Å². The van der Waals surface area contributed by atoms with Gasteiger partial charge in [-0.15, -0.1) is 11.7 Å². The van der Waals surface area contributed by atoms with Gasteiger partial charge >= 0.3 is 0 Å². The van der Waals surface area contributed by atoms with Gasteiger partial charge in [-0.2, -0.15) is 0 Å². The van der Waals surface area contributed by atoms with Crippen LogP contribution in [0.2, 0.25) is 0 Å². The first-order valence-corrected chi connectivity index (χ1v) is 4.48. The third-order valence-electron chi connectivity index (χ3n) is 1.03. The lowest BCUT2D eigenvalue weighted by Gasteiger charge is -1.98. The van der Waals surface area contributed by atoms with Gasteiger partial charge < -0.3 is 4.52 Å². The van der Waals surface area contributed by atoms with E-state index in [4.69, 9.17) is 0 Å². The lowest BCUT2D eigenvalue weighted by Crippen LogP contribution is -1.83. The number of thiol groups is 1. The second-order valence-corrected chi connectivity index (χ2v) is 3.22. The molecule has 1 heterocycles. The number of rotatable bonds is 2. The zero-order valence-electron chi connectivity index (χ0n) is 4.94. The molecule has 0 fully saturated rings. The standard InChI is InChI=1S/C5H7NOS2/c1-4(9-8)5-2-3-7-6-5/h2-4,8H,1H3. The van der Waals surface area contributed by atoms with Crippen LogP contribution in [0.5, 0.6) is 0 Å². The highest BCUT2D eigenvalue weighted by Crippen LogP contribution is 2.28. The van der Waals surface area contributed by atoms with Crippen LogP contribution < -0.4 is 0 Å². The van der Waals surface area contributed by atoms with Crippen LogP contribution in [0.3, 0.4) is 0 Å². The lowest BCUT2D eigenvalue weighted by atomic mass is 10.3. The maximum absolute atomic E-state index is 4.64. The van der Waals surface area contributed by atoms with Crippen molar-refractivity contribution in [3.63, 3.8) is 0 Å². The summed E-state index contributed by atoms with van der Waals surface area (Å²) in [6.07, 6.45) is 1.57. The van der Waals surface area contributed by atoms with E-state index in [0.29, 0.717) is 5.25 Å². The molecule has 1 atom stereocenters. The fourth-order valence-electron chi connectivity index (χ4n) is 0.486. The fourth-order valence-corrected chi connectivity index (χ4v) is 1.04. The van der Waals surface area contributed by atoms with Crippen LogP contribution >= 0.6 is 22.5 Å². The van der Waals surface area contributed by atoms with Gasteiger partial charge in [0.1, 0.15) is 6.26 Å². The molecule has 0 amide bonds. The molecule has 50 valence electrons. The summed E-state index contributed by atoms with van der Waals surface area (Å²) in [5, 5.41) is 4.05. The van der Waals surface area contributed by atoms with Gasteiger partial charge in [-0.05, 0) is 6.92 Å². The highest BCUT2D eigenvalue weighted by atomic mass is 33.1. The third kappa shape index (κ3) is 1.66. The molecule has 0 radical (unpaired) electrons. The normalized spacial score (nSPS) is 13.6. The van der Waals surface area contributed by atoms with Crippen molar-refractivity contribution < 1.29 is 4.52 Å². The molecule has 1 rings (SSSR count). The first-order chi connectivity index (χ1) is 4.34. The molecule has 0 aliphatic carbocycles. The SMILES string of the molecule is CC(SS)c1ccon1. The Morgan fingerprint density at radius 3 is 3.11 bits per heavy atom. The molecule has 2 nitrogen and oxygen atoms in total. The molecular weight excluding hydrogens is 154 g/mol. The van der Waals surface area contributed by atoms with Crippen LogP contribution in [0.4, 0.5) is 0 Å². The molecule has 0 bridgehead atoms. The Morgan fingerprint density at radius 2 is 2.67 bits per heavy atom. The molecule has 0 saturated carbocycles. The molecular formula is C5H7NOS2. The van der Waals surface area contributed by atoms with Gasteiger partial charge in [0, 0.05) is 6.07 Å². The molecule has 0 aliphatic heterocycles. The van der Waals surface area contributed by atoms with Crippen molar-refractivity contribution >= 4 is 22.5 Å². The highest BCUT2D eigenvalue weighted by molar-refractivity contribution is 8.68. The minimum atomic E-state index is 0.312. The van der Waals surface area contributed by atoms with Gasteiger partial charge in [-0.1, -0.05) is 16.0 Å². The quantitative estimate of drug-likeness (QED) is 0.532. The van der Waals surface area contributed by atoms with E-state index in [2.05, 4.69) is 21.3 Å². The molecule has 0 aromatic carbocycles. The Balaban J connectivity index is 2.65. The van der Waals surface area contributed by atoms with E-state index in [-0.39, 0.29) is 0 Å². The number of hydrogen-bond donors (Lipinski definition) is 1. The highest BCUT2D eigenvalue weighted by Gasteiger charge is 2.05. The van der Waals surface area contributed by atoms with Gasteiger partial charge in [0.15, 0.2) is 0 Å². The third-order valence-corrected chi connectivity index (χ3v) is 2.54. The molecule has 0 aliphatic rings. The molecule has 4 heteroatoms. The van der Waals surface area contributed by atoms with E-state index >= 15 is 0 Å². The maximum Gasteiger partial charge on any atom is 0.124 e. The minimum Gasteiger partial charge on any atom is -0.364 e. The predicted molar refractivity (Wildman–Crippen MR) is 41.5 cm³/mol. The summed E-state index contributed by atoms with van der Waals surface area (Å²) in [6, 6.07) is 1.84. The molecule has 0 spiro atoms. The fraction of sp³-hybridized carbons (Fsp3) is 0.400. The van der Waals surface area contributed by atoms with Crippen molar-refractivity contribution in [3.8, 4) is 0 Å². The first-order valence-electron chi connectivity index (χ1n) is 2.55. The molecule has 0 saturated heterocycles. The second-order valence-electron chi connectivity index (χ2n) is 1.67. The molecule has 1 aromatic heterocycles. The monoisotopic (exact) mass is 161 g/mol. The Labute approximate surface area is 62.8 Å². The van der Waals surface area contributed by atoms with Gasteiger partial charge in [-0.25, -0.2) is 0 Å². The molecule has 1 unspecified atom stereocenters. The van der Waals surface area contributed by atoms with Crippen molar-refractivity contribution in [2.75, 3.05) is 0 Å². The van der Waals surface area contributed by atoms with Gasteiger partial charge in [-0.3, -0.25) is 0 Å². The van der Waals surface area contributed by atoms with Crippen LogP contribution in [0, 0.1) is 0 Å². The largest absolute Gasteiger partial charge is 0.364 e. The number of hydrogen-bond acceptors (Lipinski definition) is 4. The zero-order valence-corrected chi connectivity index (χ0v) is 6.65. The lowest BCUT2D eigenvalue weighted by molar-refractivity contribution is 0.412. The Bertz CT molecular complexity index is 163. The van der Waals surface area contributed by atoms with Crippen LogP contribution in [0.25, 0.3) is 0 Å². The van der Waals surface area contributed by atoms with E-state index < -0.39 is 0 Å². The molecule has 0 N–H and O–H groups in total. The van der Waals surface area contributed by atoms with Crippen LogP contribution in [-0.4, -0.2) is 5.16 Å². The molecule has 9 heavy (non-hydrogen) atoms. The number of nitrogens with zero attached hydrogens (tertiary/aromatic N) is 1. The van der Waals surface area contributed by atoms with E-state index in [1.807, 2.05) is 13.0 Å². The first kappa shape index (κ1) is 7.02. The number of aromatic nitrogens is 1. The average molecular weight is 161 g/mol. The summed E-state index contributed by atoms with van der Waals surface area (Å²) >= 11 is 4.04. The Morgan fingerprint density at radius 1 is 1.89 bits per heavy atom. The second kappa shape index (κ2) is 3.17. The molecule has 1 aromatic rings. The summed E-state index contributed by atoms with van der Waals surface area (Å²) in [5.74, 6) is 0. The van der Waals surface area contributed by atoms with Crippen molar-refractivity contribution in [2.45, 2.75) is 12.2 Å². The van der Waals surface area contributed by atoms with Crippen molar-refractivity contribution in [1.29, 1.82) is 0 Å². The Hall–Kier alpha value is -0.0900.